The molecule has 74 valence electrons. The Balaban J connectivity index is 0.00000121. The molecule has 0 amide bonds. The van der Waals surface area contributed by atoms with Crippen LogP contribution in [0.5, 0.6) is 0 Å². The van der Waals surface area contributed by atoms with Gasteiger partial charge < -0.3 is 10.4 Å². The van der Waals surface area contributed by atoms with Gasteiger partial charge in [0.15, 0.2) is 0 Å². The van der Waals surface area contributed by atoms with Gasteiger partial charge in [-0.05, 0) is 52.1 Å². The van der Waals surface area contributed by atoms with Gasteiger partial charge in [0, 0.05) is 0 Å². The number of hydrogen-bond acceptors (Lipinski definition) is 2. The molecule has 0 spiro atoms. The summed E-state index contributed by atoms with van der Waals surface area (Å²) in [6.07, 6.45) is 3.47. The quantitative estimate of drug-likeness (QED) is 0.698. The highest BCUT2D eigenvalue weighted by atomic mass is 35.5. The Morgan fingerprint density at radius 2 is 2.17 bits per heavy atom. The van der Waals surface area contributed by atoms with Gasteiger partial charge in [-0.1, -0.05) is 0 Å². The van der Waals surface area contributed by atoms with E-state index >= 15 is 0 Å². The van der Waals surface area contributed by atoms with Gasteiger partial charge in [-0.2, -0.15) is 0 Å². The van der Waals surface area contributed by atoms with E-state index in [0.717, 1.165) is 19.5 Å². The molecule has 0 aromatic heterocycles. The van der Waals surface area contributed by atoms with Crippen molar-refractivity contribution in [3.05, 3.63) is 0 Å². The van der Waals surface area contributed by atoms with Crippen molar-refractivity contribution in [2.24, 2.45) is 5.92 Å². The van der Waals surface area contributed by atoms with Crippen molar-refractivity contribution in [3.63, 3.8) is 0 Å². The molecule has 12 heavy (non-hydrogen) atoms. The summed E-state index contributed by atoms with van der Waals surface area (Å²) in [6.45, 7) is 6.02. The molecule has 1 rings (SSSR count). The third kappa shape index (κ3) is 4.96. The van der Waals surface area contributed by atoms with Crippen LogP contribution in [0.25, 0.3) is 0 Å². The minimum atomic E-state index is -0.482. The average Bonchev–Trinajstić information content (AvgIpc) is 1.85. The smallest absolute Gasteiger partial charge is 0.0594 e. The lowest BCUT2D eigenvalue weighted by atomic mass is 9.88. The molecule has 1 unspecified atom stereocenters. The Kier molecular flexibility index (Phi) is 5.14. The van der Waals surface area contributed by atoms with Gasteiger partial charge in [-0.3, -0.25) is 0 Å². The van der Waals surface area contributed by atoms with Gasteiger partial charge in [-0.25, -0.2) is 0 Å². The molecule has 1 saturated heterocycles. The second-order valence-electron chi connectivity index (χ2n) is 4.23. The van der Waals surface area contributed by atoms with E-state index in [4.69, 9.17) is 0 Å². The second kappa shape index (κ2) is 5.05. The van der Waals surface area contributed by atoms with Crippen LogP contribution in [0.4, 0.5) is 0 Å². The minimum absolute atomic E-state index is 0. The molecule has 0 aromatic carbocycles. The van der Waals surface area contributed by atoms with Crippen LogP contribution in [0.15, 0.2) is 0 Å². The summed E-state index contributed by atoms with van der Waals surface area (Å²) in [6, 6.07) is 0. The molecule has 0 bridgehead atoms. The van der Waals surface area contributed by atoms with Crippen molar-refractivity contribution in [3.8, 4) is 0 Å². The summed E-state index contributed by atoms with van der Waals surface area (Å²) in [4.78, 5) is 0. The molecular formula is C9H20ClNO. The SMILES string of the molecule is CC(C)(O)CC1CCCNC1.Cl. The van der Waals surface area contributed by atoms with Crippen LogP contribution in [-0.4, -0.2) is 23.8 Å². The molecule has 1 aliphatic rings. The highest BCUT2D eigenvalue weighted by molar-refractivity contribution is 5.85. The van der Waals surface area contributed by atoms with E-state index in [2.05, 4.69) is 5.32 Å². The average molecular weight is 194 g/mol. The van der Waals surface area contributed by atoms with Crippen LogP contribution in [0, 0.1) is 5.92 Å². The van der Waals surface area contributed by atoms with Crippen molar-refractivity contribution >= 4 is 12.4 Å². The van der Waals surface area contributed by atoms with Crippen LogP contribution in [0.2, 0.25) is 0 Å². The van der Waals surface area contributed by atoms with Crippen LogP contribution in [-0.2, 0) is 0 Å². The molecule has 1 heterocycles. The second-order valence-corrected chi connectivity index (χ2v) is 4.23. The lowest BCUT2D eigenvalue weighted by Gasteiger charge is -2.28. The first-order valence-corrected chi connectivity index (χ1v) is 4.51. The standard InChI is InChI=1S/C9H19NO.ClH/c1-9(2,11)6-8-4-3-5-10-7-8;/h8,10-11H,3-7H2,1-2H3;1H. The maximum absolute atomic E-state index is 9.54. The largest absolute Gasteiger partial charge is 0.390 e. The fraction of sp³-hybridized carbons (Fsp3) is 1.00. The summed E-state index contributed by atoms with van der Waals surface area (Å²) >= 11 is 0. The lowest BCUT2D eigenvalue weighted by molar-refractivity contribution is 0.0482. The Morgan fingerprint density at radius 1 is 1.50 bits per heavy atom. The number of hydrogen-bond donors (Lipinski definition) is 2. The normalized spacial score (nSPS) is 24.8. The summed E-state index contributed by atoms with van der Waals surface area (Å²) in [5, 5.41) is 12.9. The van der Waals surface area contributed by atoms with E-state index in [0.29, 0.717) is 5.92 Å². The van der Waals surface area contributed by atoms with Gasteiger partial charge >= 0.3 is 0 Å². The van der Waals surface area contributed by atoms with E-state index in [1.807, 2.05) is 13.8 Å². The summed E-state index contributed by atoms with van der Waals surface area (Å²) in [5.41, 5.74) is -0.482. The molecule has 2 nitrogen and oxygen atoms in total. The molecule has 0 aliphatic carbocycles. The number of aliphatic hydroxyl groups is 1. The first-order valence-electron chi connectivity index (χ1n) is 4.51. The third-order valence-corrected chi connectivity index (χ3v) is 2.19. The highest BCUT2D eigenvalue weighted by Gasteiger charge is 2.21. The number of halogens is 1. The van der Waals surface area contributed by atoms with Crippen molar-refractivity contribution in [2.45, 2.75) is 38.7 Å². The maximum Gasteiger partial charge on any atom is 0.0594 e. The first kappa shape index (κ1) is 12.2. The number of piperidine rings is 1. The zero-order chi connectivity index (χ0) is 8.32. The molecule has 1 fully saturated rings. The van der Waals surface area contributed by atoms with Crippen molar-refractivity contribution in [2.75, 3.05) is 13.1 Å². The van der Waals surface area contributed by atoms with E-state index in [-0.39, 0.29) is 12.4 Å². The topological polar surface area (TPSA) is 32.3 Å². The van der Waals surface area contributed by atoms with Crippen LogP contribution in [0.1, 0.15) is 33.1 Å². The van der Waals surface area contributed by atoms with Crippen LogP contribution < -0.4 is 5.32 Å². The molecule has 0 radical (unpaired) electrons. The van der Waals surface area contributed by atoms with Crippen LogP contribution in [0.3, 0.4) is 0 Å². The monoisotopic (exact) mass is 193 g/mol. The zero-order valence-electron chi connectivity index (χ0n) is 7.97. The summed E-state index contributed by atoms with van der Waals surface area (Å²) in [5.74, 6) is 0.684. The van der Waals surface area contributed by atoms with Gasteiger partial charge in [0.05, 0.1) is 5.60 Å². The van der Waals surface area contributed by atoms with Gasteiger partial charge in [0.2, 0.25) is 0 Å². The number of nitrogens with one attached hydrogen (secondary N) is 1. The fourth-order valence-electron chi connectivity index (χ4n) is 1.80. The maximum atomic E-state index is 9.54. The summed E-state index contributed by atoms with van der Waals surface area (Å²) in [7, 11) is 0. The third-order valence-electron chi connectivity index (χ3n) is 2.19. The predicted octanol–water partition coefficient (Wildman–Crippen LogP) is 1.57. The summed E-state index contributed by atoms with van der Waals surface area (Å²) < 4.78 is 0. The molecule has 3 heteroatoms. The minimum Gasteiger partial charge on any atom is -0.390 e. The zero-order valence-corrected chi connectivity index (χ0v) is 8.78. The molecule has 1 atom stereocenters. The van der Waals surface area contributed by atoms with Gasteiger partial charge in [0.1, 0.15) is 0 Å². The van der Waals surface area contributed by atoms with Crippen LogP contribution >= 0.6 is 12.4 Å². The number of rotatable bonds is 2. The lowest BCUT2D eigenvalue weighted by Crippen LogP contribution is -2.34. The van der Waals surface area contributed by atoms with E-state index < -0.39 is 5.60 Å². The molecule has 2 N–H and O–H groups in total. The predicted molar refractivity (Wildman–Crippen MR) is 53.8 cm³/mol. The Morgan fingerprint density at radius 3 is 2.58 bits per heavy atom. The van der Waals surface area contributed by atoms with E-state index in [1.165, 1.54) is 12.8 Å². The van der Waals surface area contributed by atoms with Crippen molar-refractivity contribution in [1.29, 1.82) is 0 Å². The Hall–Kier alpha value is 0.210. The van der Waals surface area contributed by atoms with Gasteiger partial charge in [0.25, 0.3) is 0 Å². The Labute approximate surface area is 81.2 Å². The first-order chi connectivity index (χ1) is 5.08. The molecular weight excluding hydrogens is 174 g/mol. The van der Waals surface area contributed by atoms with E-state index in [9.17, 15) is 5.11 Å². The Bertz CT molecular complexity index is 116. The fourth-order valence-corrected chi connectivity index (χ4v) is 1.80. The van der Waals surface area contributed by atoms with Crippen molar-refractivity contribution < 1.29 is 5.11 Å². The van der Waals surface area contributed by atoms with Gasteiger partial charge in [-0.15, -0.1) is 12.4 Å². The molecule has 0 saturated carbocycles. The van der Waals surface area contributed by atoms with Crippen molar-refractivity contribution in [1.82, 2.24) is 5.32 Å². The van der Waals surface area contributed by atoms with E-state index in [1.54, 1.807) is 0 Å². The molecule has 1 aliphatic heterocycles. The molecule has 0 aromatic rings. The highest BCUT2D eigenvalue weighted by Crippen LogP contribution is 2.21.